The molecule has 0 radical (unpaired) electrons. The van der Waals surface area contributed by atoms with Gasteiger partial charge in [-0.05, 0) is 11.5 Å². The number of aromatic amines is 1. The van der Waals surface area contributed by atoms with Crippen LogP contribution in [0.1, 0.15) is 31.7 Å². The van der Waals surface area contributed by atoms with E-state index in [9.17, 15) is 9.59 Å². The van der Waals surface area contributed by atoms with Crippen LogP contribution in [0.15, 0.2) is 41.2 Å². The van der Waals surface area contributed by atoms with Crippen molar-refractivity contribution in [2.45, 2.75) is 26.2 Å². The van der Waals surface area contributed by atoms with Crippen LogP contribution < -0.4 is 16.2 Å². The number of anilines is 1. The second-order valence-corrected chi connectivity index (χ2v) is 8.29. The average molecular weight is 442 g/mol. The van der Waals surface area contributed by atoms with Gasteiger partial charge in [-0.25, -0.2) is 10.1 Å². The normalized spacial score (nSPS) is 11.1. The van der Waals surface area contributed by atoms with E-state index in [0.717, 1.165) is 21.7 Å². The third-order valence-corrected chi connectivity index (χ3v) is 5.59. The molecule has 0 fully saturated rings. The number of methoxy groups -OCH3 is 1. The van der Waals surface area contributed by atoms with E-state index >= 15 is 0 Å². The lowest BCUT2D eigenvalue weighted by Crippen LogP contribution is -2.24. The first-order valence-electron chi connectivity index (χ1n) is 10.1. The van der Waals surface area contributed by atoms with E-state index in [1.54, 1.807) is 13.2 Å². The number of hydrogen-bond acceptors (Lipinski definition) is 7. The Morgan fingerprint density at radius 1 is 1.19 bits per heavy atom. The second-order valence-electron chi connectivity index (χ2n) is 7.29. The van der Waals surface area contributed by atoms with Gasteiger partial charge < -0.3 is 15.4 Å². The van der Waals surface area contributed by atoms with Crippen molar-refractivity contribution in [3.63, 3.8) is 0 Å². The van der Waals surface area contributed by atoms with Crippen molar-refractivity contribution in [1.82, 2.24) is 20.5 Å². The fourth-order valence-corrected chi connectivity index (χ4v) is 4.06. The smallest absolute Gasteiger partial charge is 0.264 e. The number of ether oxygens (including phenoxy) is 1. The van der Waals surface area contributed by atoms with Crippen molar-refractivity contribution in [3.05, 3.63) is 52.3 Å². The number of benzene rings is 1. The van der Waals surface area contributed by atoms with Gasteiger partial charge in [-0.1, -0.05) is 55.5 Å². The minimum atomic E-state index is -0.243. The molecule has 0 aliphatic carbocycles. The highest BCUT2D eigenvalue weighted by Gasteiger charge is 2.21. The number of carbonyl (C=O) groups excluding carboxylic acids is 1. The molecule has 0 atom stereocenters. The molecule has 3 aromatic rings. The van der Waals surface area contributed by atoms with Gasteiger partial charge in [-0.2, -0.15) is 5.10 Å². The van der Waals surface area contributed by atoms with Gasteiger partial charge in [0.25, 0.3) is 5.56 Å². The first-order valence-corrected chi connectivity index (χ1v) is 11.0. The van der Waals surface area contributed by atoms with Crippen molar-refractivity contribution in [3.8, 4) is 21.8 Å². The van der Waals surface area contributed by atoms with Crippen molar-refractivity contribution >= 4 is 22.4 Å². The molecule has 0 bridgehead atoms. The zero-order valence-corrected chi connectivity index (χ0v) is 18.7. The molecule has 0 aliphatic heterocycles. The van der Waals surface area contributed by atoms with Gasteiger partial charge in [-0.15, -0.1) is 0 Å². The predicted molar refractivity (Wildman–Crippen MR) is 123 cm³/mol. The molecule has 1 amide bonds. The van der Waals surface area contributed by atoms with Crippen LogP contribution in [0, 0.1) is 0 Å². The standard InChI is InChI=1S/C22H27N5O3S/c1-14(2)16-13-18(29)26-27-20(16)21-19(15-7-5-4-6-8-15)25-22(31-21)24-17(28)9-10-23-11-12-30-3/h4-8,13-14,23H,9-12H2,1-3H3,(H,26,29)(H,24,25,28). The van der Waals surface area contributed by atoms with Crippen LogP contribution in [0.25, 0.3) is 21.8 Å². The molecule has 0 unspecified atom stereocenters. The van der Waals surface area contributed by atoms with Gasteiger partial charge in [0.2, 0.25) is 5.91 Å². The van der Waals surface area contributed by atoms with Crippen LogP contribution in [0.2, 0.25) is 0 Å². The molecule has 0 spiro atoms. The fraction of sp³-hybridized carbons (Fsp3) is 0.364. The number of H-pyrrole nitrogens is 1. The molecular weight excluding hydrogens is 414 g/mol. The zero-order chi connectivity index (χ0) is 22.2. The molecule has 31 heavy (non-hydrogen) atoms. The Morgan fingerprint density at radius 3 is 2.68 bits per heavy atom. The highest BCUT2D eigenvalue weighted by molar-refractivity contribution is 7.19. The molecular formula is C22H27N5O3S. The van der Waals surface area contributed by atoms with Crippen LogP contribution in [-0.4, -0.2) is 47.9 Å². The van der Waals surface area contributed by atoms with E-state index in [1.165, 1.54) is 11.3 Å². The molecule has 0 aliphatic rings. The van der Waals surface area contributed by atoms with Gasteiger partial charge in [0.05, 0.1) is 17.2 Å². The number of nitrogens with one attached hydrogen (secondary N) is 3. The predicted octanol–water partition coefficient (Wildman–Crippen LogP) is 3.25. The van der Waals surface area contributed by atoms with Crippen molar-refractivity contribution in [1.29, 1.82) is 0 Å². The number of carbonyl (C=O) groups is 1. The SMILES string of the molecule is COCCNCCC(=O)Nc1nc(-c2ccccc2)c(-c2n[nH]c(=O)cc2C(C)C)s1. The van der Waals surface area contributed by atoms with Crippen molar-refractivity contribution in [2.24, 2.45) is 0 Å². The Balaban J connectivity index is 1.90. The summed E-state index contributed by atoms with van der Waals surface area (Å²) in [4.78, 5) is 29.7. The summed E-state index contributed by atoms with van der Waals surface area (Å²) >= 11 is 1.35. The van der Waals surface area contributed by atoms with E-state index in [1.807, 2.05) is 44.2 Å². The Kier molecular flexibility index (Phi) is 8.05. The highest BCUT2D eigenvalue weighted by atomic mass is 32.1. The minimum absolute atomic E-state index is 0.103. The zero-order valence-electron chi connectivity index (χ0n) is 17.9. The number of nitrogens with zero attached hydrogens (tertiary/aromatic N) is 2. The topological polar surface area (TPSA) is 109 Å². The lowest BCUT2D eigenvalue weighted by atomic mass is 10.00. The molecule has 8 nitrogen and oxygen atoms in total. The Bertz CT molecular complexity index is 1060. The van der Waals surface area contributed by atoms with Gasteiger partial charge in [0.15, 0.2) is 5.13 Å². The summed E-state index contributed by atoms with van der Waals surface area (Å²) in [5.41, 5.74) is 2.91. The molecule has 2 heterocycles. The van der Waals surface area contributed by atoms with Gasteiger partial charge in [-0.3, -0.25) is 9.59 Å². The number of aromatic nitrogens is 3. The second kappa shape index (κ2) is 10.9. The van der Waals surface area contributed by atoms with E-state index < -0.39 is 0 Å². The summed E-state index contributed by atoms with van der Waals surface area (Å²) in [6.45, 7) is 5.88. The number of rotatable bonds is 10. The van der Waals surface area contributed by atoms with Crippen molar-refractivity contribution in [2.75, 3.05) is 32.1 Å². The maximum absolute atomic E-state index is 12.4. The first kappa shape index (κ1) is 22.8. The quantitative estimate of drug-likeness (QED) is 0.417. The highest BCUT2D eigenvalue weighted by Crippen LogP contribution is 2.40. The molecule has 9 heteroatoms. The number of thiazole rings is 1. The van der Waals surface area contributed by atoms with Gasteiger partial charge in [0.1, 0.15) is 5.69 Å². The largest absolute Gasteiger partial charge is 0.383 e. The lowest BCUT2D eigenvalue weighted by Gasteiger charge is -2.10. The van der Waals surface area contributed by atoms with Crippen LogP contribution in [0.5, 0.6) is 0 Å². The summed E-state index contributed by atoms with van der Waals surface area (Å²) < 4.78 is 4.98. The van der Waals surface area contributed by atoms with Crippen LogP contribution in [0.4, 0.5) is 5.13 Å². The van der Waals surface area contributed by atoms with Crippen LogP contribution in [-0.2, 0) is 9.53 Å². The maximum Gasteiger partial charge on any atom is 0.264 e. The molecule has 164 valence electrons. The maximum atomic E-state index is 12.4. The van der Waals surface area contributed by atoms with Crippen LogP contribution in [0.3, 0.4) is 0 Å². The van der Waals surface area contributed by atoms with Crippen LogP contribution >= 0.6 is 11.3 Å². The third-order valence-electron chi connectivity index (χ3n) is 4.61. The molecule has 3 rings (SSSR count). The Morgan fingerprint density at radius 2 is 1.97 bits per heavy atom. The molecule has 2 aromatic heterocycles. The van der Waals surface area contributed by atoms with E-state index in [2.05, 4.69) is 20.8 Å². The molecule has 3 N–H and O–H groups in total. The molecule has 1 aromatic carbocycles. The van der Waals surface area contributed by atoms with Crippen molar-refractivity contribution < 1.29 is 9.53 Å². The monoisotopic (exact) mass is 441 g/mol. The summed E-state index contributed by atoms with van der Waals surface area (Å²) in [7, 11) is 1.64. The Labute approximate surface area is 185 Å². The van der Waals surface area contributed by atoms with Gasteiger partial charge in [0, 0.05) is 38.2 Å². The average Bonchev–Trinajstić information content (AvgIpc) is 3.17. The van der Waals surface area contributed by atoms with Gasteiger partial charge >= 0.3 is 0 Å². The summed E-state index contributed by atoms with van der Waals surface area (Å²) in [5.74, 6) is -0.0184. The number of hydrogen-bond donors (Lipinski definition) is 3. The lowest BCUT2D eigenvalue weighted by molar-refractivity contribution is -0.116. The summed E-state index contributed by atoms with van der Waals surface area (Å²) in [5, 5.41) is 13.4. The minimum Gasteiger partial charge on any atom is -0.383 e. The third kappa shape index (κ3) is 6.06. The Hall–Kier alpha value is -2.88. The summed E-state index contributed by atoms with van der Waals surface area (Å²) in [6, 6.07) is 11.3. The molecule has 0 saturated heterocycles. The number of amides is 1. The van der Waals surface area contributed by atoms with E-state index in [0.29, 0.717) is 36.9 Å². The van der Waals surface area contributed by atoms with E-state index in [-0.39, 0.29) is 17.4 Å². The fourth-order valence-electron chi connectivity index (χ4n) is 3.05. The van der Waals surface area contributed by atoms with E-state index in [4.69, 9.17) is 9.72 Å². The summed E-state index contributed by atoms with van der Waals surface area (Å²) in [6.07, 6.45) is 0.327. The first-order chi connectivity index (χ1) is 15.0. The molecule has 0 saturated carbocycles.